The van der Waals surface area contributed by atoms with Gasteiger partial charge in [0.25, 0.3) is 5.92 Å². The van der Waals surface area contributed by atoms with Gasteiger partial charge >= 0.3 is 12.4 Å². The van der Waals surface area contributed by atoms with Crippen LogP contribution in [0.2, 0.25) is 5.02 Å². The lowest BCUT2D eigenvalue weighted by Crippen LogP contribution is -2.35. The van der Waals surface area contributed by atoms with E-state index < -0.39 is 132 Å². The number of carbonyl (C=O) groups is 1. The van der Waals surface area contributed by atoms with Crippen LogP contribution in [0.4, 0.5) is 49.7 Å². The minimum absolute atomic E-state index is 0.196. The van der Waals surface area contributed by atoms with Gasteiger partial charge in [-0.1, -0.05) is 30.5 Å². The summed E-state index contributed by atoms with van der Waals surface area (Å²) in [6.07, 6.45) is -9.23. The van der Waals surface area contributed by atoms with Gasteiger partial charge in [-0.05, 0) is 68.0 Å². The number of pyridine rings is 1. The largest absolute Gasteiger partial charge is 0.435 e. The SMILES string of the molecule is C[C@@H]1C2c3c(C(F)(F)F)nn(CC(=O)N[C@@H](Cc4cc(F)cc(F)c4)c4nc(C#CC(C)(C)S(C)(=O)=O)ccc4-c4ccc(Cl)c5c(NS(C)(=O)=O)nn(CC(F)(F)F)c45)c3C(F)(F)C21. The molecule has 2 unspecified atom stereocenters. The zero-order chi connectivity index (χ0) is 48.1. The van der Waals surface area contributed by atoms with Crippen LogP contribution in [0.15, 0.2) is 42.5 Å². The highest BCUT2D eigenvalue weighted by Gasteiger charge is 2.72. The van der Waals surface area contributed by atoms with Crippen LogP contribution in [0.5, 0.6) is 0 Å². The summed E-state index contributed by atoms with van der Waals surface area (Å²) in [5.74, 6) is -6.34. The summed E-state index contributed by atoms with van der Waals surface area (Å²) in [5, 5.41) is 9.06. The molecule has 348 valence electrons. The van der Waals surface area contributed by atoms with E-state index in [0.717, 1.165) is 24.5 Å². The summed E-state index contributed by atoms with van der Waals surface area (Å²) < 4.78 is 196. The molecule has 3 heterocycles. The van der Waals surface area contributed by atoms with Crippen molar-refractivity contribution in [3.8, 4) is 23.0 Å². The number of nitrogens with zero attached hydrogens (tertiary/aromatic N) is 5. The van der Waals surface area contributed by atoms with E-state index in [1.165, 1.54) is 39.0 Å². The van der Waals surface area contributed by atoms with Crippen LogP contribution in [-0.4, -0.2) is 70.7 Å². The lowest BCUT2D eigenvalue weighted by atomic mass is 9.93. The molecule has 2 aromatic carbocycles. The van der Waals surface area contributed by atoms with Crippen LogP contribution < -0.4 is 10.0 Å². The first-order valence-corrected chi connectivity index (χ1v) is 23.2. The maximum atomic E-state index is 15.7. The number of alkyl halides is 8. The van der Waals surface area contributed by atoms with Crippen molar-refractivity contribution in [2.45, 2.75) is 75.3 Å². The normalized spacial score (nSPS) is 18.7. The highest BCUT2D eigenvalue weighted by atomic mass is 35.5. The number of sulfone groups is 1. The Hall–Kier alpha value is -5.41. The molecular formula is C40H34ClF10N7O5S2. The topological polar surface area (TPSA) is 158 Å². The van der Waals surface area contributed by atoms with Crippen molar-refractivity contribution in [2.24, 2.45) is 11.8 Å². The molecule has 25 heteroatoms. The summed E-state index contributed by atoms with van der Waals surface area (Å²) in [6, 6.07) is 5.24. The van der Waals surface area contributed by atoms with E-state index in [9.17, 15) is 56.8 Å². The second-order valence-corrected chi connectivity index (χ2v) is 21.1. The summed E-state index contributed by atoms with van der Waals surface area (Å²) >= 11 is 6.46. The third kappa shape index (κ3) is 9.36. The Kier molecular flexibility index (Phi) is 11.6. The van der Waals surface area contributed by atoms with E-state index in [-0.39, 0.29) is 43.2 Å². The van der Waals surface area contributed by atoms with Crippen LogP contribution >= 0.6 is 11.6 Å². The molecule has 1 saturated carbocycles. The first kappa shape index (κ1) is 47.5. The van der Waals surface area contributed by atoms with E-state index in [1.807, 2.05) is 4.72 Å². The number of sulfonamides is 1. The molecular weight excluding hydrogens is 948 g/mol. The van der Waals surface area contributed by atoms with Crippen molar-refractivity contribution in [3.63, 3.8) is 0 Å². The van der Waals surface area contributed by atoms with Crippen LogP contribution in [0.25, 0.3) is 22.0 Å². The summed E-state index contributed by atoms with van der Waals surface area (Å²) in [5.41, 5.74) is -5.18. The molecule has 2 aliphatic carbocycles. The van der Waals surface area contributed by atoms with E-state index in [0.29, 0.717) is 17.0 Å². The van der Waals surface area contributed by atoms with Crippen LogP contribution in [0.1, 0.15) is 66.6 Å². The molecule has 3 aromatic heterocycles. The van der Waals surface area contributed by atoms with Crippen molar-refractivity contribution in [1.29, 1.82) is 0 Å². The fourth-order valence-electron chi connectivity index (χ4n) is 8.02. The Morgan fingerprint density at radius 2 is 1.57 bits per heavy atom. The highest BCUT2D eigenvalue weighted by Crippen LogP contribution is 2.71. The molecule has 2 aliphatic rings. The van der Waals surface area contributed by atoms with Crippen LogP contribution in [0, 0.1) is 35.3 Å². The maximum Gasteiger partial charge on any atom is 0.435 e. The van der Waals surface area contributed by atoms with Gasteiger partial charge in [0.15, 0.2) is 21.3 Å². The molecule has 0 aliphatic heterocycles. The molecule has 5 aromatic rings. The second kappa shape index (κ2) is 15.9. The predicted molar refractivity (Wildman–Crippen MR) is 216 cm³/mol. The Labute approximate surface area is 368 Å². The van der Waals surface area contributed by atoms with Gasteiger partial charge in [0, 0.05) is 40.8 Å². The van der Waals surface area contributed by atoms with Gasteiger partial charge in [-0.25, -0.2) is 30.6 Å². The van der Waals surface area contributed by atoms with Gasteiger partial charge in [0.2, 0.25) is 15.9 Å². The molecule has 7 rings (SSSR count). The molecule has 4 atom stereocenters. The predicted octanol–water partition coefficient (Wildman–Crippen LogP) is 7.91. The average molecular weight is 982 g/mol. The number of hydrogen-bond donors (Lipinski definition) is 2. The van der Waals surface area contributed by atoms with E-state index >= 15 is 8.78 Å². The lowest BCUT2D eigenvalue weighted by Gasteiger charge is -2.23. The number of nitrogens with one attached hydrogen (secondary N) is 2. The number of anilines is 1. The number of rotatable bonds is 11. The van der Waals surface area contributed by atoms with Gasteiger partial charge in [-0.3, -0.25) is 18.9 Å². The molecule has 1 amide bonds. The number of hydrogen-bond acceptors (Lipinski definition) is 8. The van der Waals surface area contributed by atoms with Gasteiger partial charge in [0.05, 0.1) is 33.9 Å². The number of fused-ring (bicyclic) bond motifs is 4. The zero-order valence-corrected chi connectivity index (χ0v) is 36.6. The molecule has 12 nitrogen and oxygen atoms in total. The summed E-state index contributed by atoms with van der Waals surface area (Å²) in [4.78, 5) is 18.6. The number of halogens is 11. The Balaban J connectivity index is 1.45. The van der Waals surface area contributed by atoms with Crippen molar-refractivity contribution < 1.29 is 65.5 Å². The standard InChI is InChI=1S/C40H34ClF10N7O5S2/c1-18-28-30-34(40(49,50)51)54-57(35(30)39(47,48)31(18)28)16-27(59)53-26(14-19-12-20(42)15-21(43)13-19)32-23(7-6-22(52-32)10-11-37(2,3)64(4,60)61)24-8-9-25(41)29-33(24)58(17-38(44,45)46)55-36(29)56-65(5,62)63/h6-9,12-13,15,18,26,28,31H,14,16-17H2,1-5H3,(H,53,59)(H,55,56)/t18-,26+,28?,31?/m1/s1. The first-order chi connectivity index (χ1) is 29.8. The Morgan fingerprint density at radius 3 is 2.15 bits per heavy atom. The fourth-order valence-corrected chi connectivity index (χ4v) is 8.99. The minimum atomic E-state index is -5.20. The zero-order valence-electron chi connectivity index (χ0n) is 34.2. The molecule has 1 fully saturated rings. The number of carbonyl (C=O) groups excluding carboxylic acids is 1. The first-order valence-electron chi connectivity index (χ1n) is 19.1. The van der Waals surface area contributed by atoms with Gasteiger partial charge < -0.3 is 5.32 Å². The van der Waals surface area contributed by atoms with Gasteiger partial charge in [-0.2, -0.15) is 45.3 Å². The quantitative estimate of drug-likeness (QED) is 0.0999. The maximum absolute atomic E-state index is 15.7. The summed E-state index contributed by atoms with van der Waals surface area (Å²) in [6.45, 7) is 0.804. The number of benzene rings is 2. The molecule has 0 radical (unpaired) electrons. The summed E-state index contributed by atoms with van der Waals surface area (Å²) in [7, 11) is -8.07. The highest BCUT2D eigenvalue weighted by molar-refractivity contribution is 7.92. The third-order valence-electron chi connectivity index (χ3n) is 11.1. The molecule has 0 saturated heterocycles. The second-order valence-electron chi connectivity index (χ2n) is 16.4. The Morgan fingerprint density at radius 1 is 0.938 bits per heavy atom. The third-order valence-corrected chi connectivity index (χ3v) is 13.9. The van der Waals surface area contributed by atoms with Crippen molar-refractivity contribution in [1.82, 2.24) is 29.9 Å². The van der Waals surface area contributed by atoms with Crippen molar-refractivity contribution >= 4 is 54.1 Å². The van der Waals surface area contributed by atoms with Crippen molar-refractivity contribution in [3.05, 3.63) is 93.0 Å². The lowest BCUT2D eigenvalue weighted by molar-refractivity contribution is -0.143. The monoisotopic (exact) mass is 981 g/mol. The van der Waals surface area contributed by atoms with Crippen LogP contribution in [-0.2, 0) is 56.3 Å². The van der Waals surface area contributed by atoms with E-state index in [4.69, 9.17) is 11.6 Å². The molecule has 0 bridgehead atoms. The smallest absolute Gasteiger partial charge is 0.346 e. The number of aromatic nitrogens is 5. The van der Waals surface area contributed by atoms with Crippen LogP contribution in [0.3, 0.4) is 0 Å². The fraction of sp³-hybridized carbons (Fsp3) is 0.400. The van der Waals surface area contributed by atoms with Gasteiger partial charge in [-0.15, -0.1) is 0 Å². The number of amides is 1. The van der Waals surface area contributed by atoms with Crippen molar-refractivity contribution in [2.75, 3.05) is 17.2 Å². The Bertz CT molecular complexity index is 3070. The molecule has 0 spiro atoms. The minimum Gasteiger partial charge on any atom is -0.346 e. The average Bonchev–Trinajstić information content (AvgIpc) is 3.36. The van der Waals surface area contributed by atoms with E-state index in [1.54, 1.807) is 0 Å². The molecule has 65 heavy (non-hydrogen) atoms. The van der Waals surface area contributed by atoms with E-state index in [2.05, 4.69) is 32.3 Å². The molecule has 2 N–H and O–H groups in total. The van der Waals surface area contributed by atoms with Gasteiger partial charge in [0.1, 0.15) is 40.9 Å².